The van der Waals surface area contributed by atoms with E-state index in [1.807, 2.05) is 0 Å². The monoisotopic (exact) mass is 592 g/mol. The molecule has 0 bridgehead atoms. The lowest BCUT2D eigenvalue weighted by atomic mass is 9.79. The molecule has 2 saturated heterocycles. The van der Waals surface area contributed by atoms with Crippen molar-refractivity contribution in [2.75, 3.05) is 26.3 Å². The Kier molecular flexibility index (Phi) is 8.80. The van der Waals surface area contributed by atoms with Gasteiger partial charge in [0.05, 0.1) is 24.7 Å². The normalized spacial score (nSPS) is 26.9. The van der Waals surface area contributed by atoms with Gasteiger partial charge < -0.3 is 19.9 Å². The first-order chi connectivity index (χ1) is 20.0. The molecule has 0 spiro atoms. The Bertz CT molecular complexity index is 1270. The number of hydrogen-bond acceptors (Lipinski definition) is 5. The van der Waals surface area contributed by atoms with Gasteiger partial charge in [0.2, 0.25) is 0 Å². The van der Waals surface area contributed by atoms with Crippen molar-refractivity contribution in [3.63, 3.8) is 0 Å². The molecule has 0 aromatic heterocycles. The van der Waals surface area contributed by atoms with E-state index in [4.69, 9.17) is 9.47 Å². The van der Waals surface area contributed by atoms with Crippen LogP contribution in [0.15, 0.2) is 42.5 Å². The number of carboxylic acid groups (broad SMARTS) is 1. The van der Waals surface area contributed by atoms with E-state index >= 15 is 0 Å². The predicted octanol–water partition coefficient (Wildman–Crippen LogP) is 5.38. The second-order valence-corrected chi connectivity index (χ2v) is 11.5. The Morgan fingerprint density at radius 1 is 1.12 bits per heavy atom. The Labute approximate surface area is 242 Å². The molecule has 11 heteroatoms. The quantitative estimate of drug-likeness (QED) is 0.381. The highest BCUT2D eigenvalue weighted by Gasteiger charge is 2.54. The fourth-order valence-corrected chi connectivity index (χ4v) is 6.48. The van der Waals surface area contributed by atoms with Crippen molar-refractivity contribution in [2.24, 2.45) is 11.8 Å². The Morgan fingerprint density at radius 2 is 1.86 bits per heavy atom. The molecular weight excluding hydrogens is 556 g/mol. The second-order valence-electron chi connectivity index (χ2n) is 11.5. The number of piperidine rings is 1. The molecule has 7 nitrogen and oxygen atoms in total. The number of benzene rings is 2. The number of nitrogens with zero attached hydrogens (tertiary/aromatic N) is 1. The van der Waals surface area contributed by atoms with Crippen LogP contribution in [0.2, 0.25) is 0 Å². The van der Waals surface area contributed by atoms with Crippen LogP contribution in [0, 0.1) is 17.7 Å². The third-order valence-corrected chi connectivity index (χ3v) is 8.84. The molecule has 1 aliphatic carbocycles. The fourth-order valence-electron chi connectivity index (χ4n) is 6.48. The summed E-state index contributed by atoms with van der Waals surface area (Å²) in [5.41, 5.74) is -0.805. The maximum absolute atomic E-state index is 13.5. The third kappa shape index (κ3) is 6.57. The number of halogens is 4. The maximum Gasteiger partial charge on any atom is 0.416 e. The zero-order valence-corrected chi connectivity index (χ0v) is 23.5. The van der Waals surface area contributed by atoms with Crippen LogP contribution >= 0.6 is 0 Å². The molecule has 3 fully saturated rings. The molecule has 42 heavy (non-hydrogen) atoms. The topological polar surface area (TPSA) is 88.1 Å². The first-order valence-corrected chi connectivity index (χ1v) is 14.5. The first-order valence-electron chi connectivity index (χ1n) is 14.5. The van der Waals surface area contributed by atoms with Crippen LogP contribution < -0.4 is 10.1 Å². The van der Waals surface area contributed by atoms with Crippen molar-refractivity contribution in [3.8, 4) is 5.75 Å². The van der Waals surface area contributed by atoms with E-state index in [0.29, 0.717) is 32.4 Å². The summed E-state index contributed by atoms with van der Waals surface area (Å²) in [6, 6.07) is 9.39. The minimum absolute atomic E-state index is 0.0370. The lowest BCUT2D eigenvalue weighted by molar-refractivity contribution is -0.166. The van der Waals surface area contributed by atoms with Crippen molar-refractivity contribution < 1.29 is 41.7 Å². The molecule has 1 saturated carbocycles. The molecule has 5 rings (SSSR count). The summed E-state index contributed by atoms with van der Waals surface area (Å²) in [4.78, 5) is 27.8. The molecule has 2 N–H and O–H groups in total. The van der Waals surface area contributed by atoms with Crippen LogP contribution in [-0.4, -0.2) is 59.8 Å². The van der Waals surface area contributed by atoms with E-state index < -0.39 is 29.2 Å². The van der Waals surface area contributed by atoms with Gasteiger partial charge in [-0.05, 0) is 98.9 Å². The van der Waals surface area contributed by atoms with E-state index in [2.05, 4.69) is 10.2 Å². The highest BCUT2D eigenvalue weighted by molar-refractivity contribution is 5.86. The molecule has 3 aliphatic rings. The first kappa shape index (κ1) is 30.3. The van der Waals surface area contributed by atoms with Gasteiger partial charge in [-0.3, -0.25) is 14.5 Å². The van der Waals surface area contributed by atoms with Gasteiger partial charge >= 0.3 is 12.1 Å². The molecule has 2 aromatic carbocycles. The Hall–Kier alpha value is -3.18. The number of nitrogens with one attached hydrogen (secondary N) is 1. The third-order valence-electron chi connectivity index (χ3n) is 8.84. The average molecular weight is 593 g/mol. The highest BCUT2D eigenvalue weighted by Crippen LogP contribution is 2.48. The van der Waals surface area contributed by atoms with Gasteiger partial charge in [-0.15, -0.1) is 0 Å². The highest BCUT2D eigenvalue weighted by atomic mass is 19.4. The van der Waals surface area contributed by atoms with Crippen LogP contribution in [0.25, 0.3) is 0 Å². The van der Waals surface area contributed by atoms with Gasteiger partial charge in [0.1, 0.15) is 17.2 Å². The summed E-state index contributed by atoms with van der Waals surface area (Å²) in [7, 11) is 0. The fraction of sp³-hybridized carbons (Fsp3) is 0.548. The van der Waals surface area contributed by atoms with Gasteiger partial charge in [0.25, 0.3) is 5.91 Å². The number of carboxylic acids is 1. The Balaban J connectivity index is 1.23. The standard InChI is InChI=1S/C31H36F4N2O5/c1-2-41-25-14-19(13-22(15-25)31(33,34)35)16-36-29(40)30(21-5-6-21)11-9-24(18-42-30)37-12-10-26(27(17-37)28(38)39)20-3-7-23(32)8-4-20/h3-4,7-8,13-15,21,24,26-27H,2,5-6,9-12,16-18H2,1H3,(H,36,40)(H,38,39)/t24-,26+,27-,30+/m1/s1. The largest absolute Gasteiger partial charge is 0.494 e. The van der Waals surface area contributed by atoms with E-state index in [1.165, 1.54) is 18.2 Å². The number of amides is 1. The van der Waals surface area contributed by atoms with Gasteiger partial charge in [-0.1, -0.05) is 12.1 Å². The summed E-state index contributed by atoms with van der Waals surface area (Å²) >= 11 is 0. The molecular formula is C31H36F4N2O5. The molecule has 2 aliphatic heterocycles. The number of hydrogen-bond donors (Lipinski definition) is 2. The van der Waals surface area contributed by atoms with E-state index in [-0.39, 0.29) is 60.7 Å². The number of likely N-dealkylation sites (tertiary alicyclic amines) is 1. The minimum Gasteiger partial charge on any atom is -0.494 e. The van der Waals surface area contributed by atoms with Crippen LogP contribution in [0.5, 0.6) is 5.75 Å². The SMILES string of the molecule is CCOc1cc(CNC(=O)[C@@]2(C3CC3)CC[C@@H](N3CC[C@@H](c4ccc(F)cc4)[C@H](C(=O)O)C3)CO2)cc(C(F)(F)F)c1. The van der Waals surface area contributed by atoms with Crippen LogP contribution in [-0.2, 0) is 27.0 Å². The van der Waals surface area contributed by atoms with Crippen LogP contribution in [0.4, 0.5) is 17.6 Å². The lowest BCUT2D eigenvalue weighted by Gasteiger charge is -2.46. The minimum atomic E-state index is -4.55. The predicted molar refractivity (Wildman–Crippen MR) is 145 cm³/mol. The number of rotatable bonds is 9. The Morgan fingerprint density at radius 3 is 2.45 bits per heavy atom. The maximum atomic E-state index is 13.5. The van der Waals surface area contributed by atoms with Crippen LogP contribution in [0.1, 0.15) is 61.6 Å². The zero-order valence-electron chi connectivity index (χ0n) is 23.5. The molecule has 1 amide bonds. The number of ether oxygens (including phenoxy) is 2. The van der Waals surface area contributed by atoms with Gasteiger partial charge in [-0.25, -0.2) is 4.39 Å². The van der Waals surface area contributed by atoms with Gasteiger partial charge in [0, 0.05) is 19.1 Å². The number of aliphatic carboxylic acids is 1. The number of carbonyl (C=O) groups excluding carboxylic acids is 1. The molecule has 0 radical (unpaired) electrons. The van der Waals surface area contributed by atoms with Gasteiger partial charge in [-0.2, -0.15) is 13.2 Å². The smallest absolute Gasteiger partial charge is 0.416 e. The van der Waals surface area contributed by atoms with Crippen LogP contribution in [0.3, 0.4) is 0 Å². The van der Waals surface area contributed by atoms with Crippen molar-refractivity contribution in [1.82, 2.24) is 10.2 Å². The van der Waals surface area contributed by atoms with Crippen molar-refractivity contribution in [3.05, 3.63) is 65.0 Å². The molecule has 4 atom stereocenters. The summed E-state index contributed by atoms with van der Waals surface area (Å²) in [6.45, 7) is 3.04. The summed E-state index contributed by atoms with van der Waals surface area (Å²) in [5, 5.41) is 12.8. The van der Waals surface area contributed by atoms with Crippen molar-refractivity contribution >= 4 is 11.9 Å². The zero-order chi connectivity index (χ0) is 30.1. The molecule has 2 heterocycles. The summed E-state index contributed by atoms with van der Waals surface area (Å²) in [5.74, 6) is -2.36. The van der Waals surface area contributed by atoms with E-state index in [9.17, 15) is 32.3 Å². The lowest BCUT2D eigenvalue weighted by Crippen LogP contribution is -2.58. The van der Waals surface area contributed by atoms with E-state index in [0.717, 1.165) is 30.5 Å². The number of carbonyl (C=O) groups is 2. The second kappa shape index (κ2) is 12.2. The molecule has 228 valence electrons. The molecule has 0 unspecified atom stereocenters. The van der Waals surface area contributed by atoms with Crippen molar-refractivity contribution in [1.29, 1.82) is 0 Å². The van der Waals surface area contributed by atoms with Crippen molar-refractivity contribution in [2.45, 2.75) is 69.3 Å². The summed E-state index contributed by atoms with van der Waals surface area (Å²) < 4.78 is 65.3. The van der Waals surface area contributed by atoms with Gasteiger partial charge in [0.15, 0.2) is 0 Å². The molecule has 2 aromatic rings. The number of alkyl halides is 3. The summed E-state index contributed by atoms with van der Waals surface area (Å²) in [6.07, 6.45) is -1.20. The van der Waals surface area contributed by atoms with E-state index in [1.54, 1.807) is 19.1 Å². The average Bonchev–Trinajstić information content (AvgIpc) is 3.82.